The minimum Gasteiger partial charge on any atom is -0.467 e. The second-order valence-corrected chi connectivity index (χ2v) is 8.73. The molecular formula is C20H21ClN4O2S. The number of rotatable bonds is 7. The van der Waals surface area contributed by atoms with E-state index in [0.717, 1.165) is 40.8 Å². The van der Waals surface area contributed by atoms with Crippen LogP contribution >= 0.6 is 23.4 Å². The van der Waals surface area contributed by atoms with Crippen molar-refractivity contribution >= 4 is 35.0 Å². The monoisotopic (exact) mass is 416 g/mol. The standard InChI is InChI=1S/C20H21ClN4O2S/c1-12-5-8-15(21)10-17(12)22-19(26)13(2)28-20-24-23-18(14-6-7-14)25(20)11-16-4-3-9-27-16/h3-5,8-10,13-14H,6-7,11H2,1-2H3,(H,22,26). The number of carbonyl (C=O) groups is 1. The van der Waals surface area contributed by atoms with E-state index in [4.69, 9.17) is 16.0 Å². The van der Waals surface area contributed by atoms with Gasteiger partial charge in [0.1, 0.15) is 11.6 Å². The van der Waals surface area contributed by atoms with Crippen LogP contribution in [0.2, 0.25) is 5.02 Å². The molecule has 2 heterocycles. The summed E-state index contributed by atoms with van der Waals surface area (Å²) in [6, 6.07) is 9.26. The van der Waals surface area contributed by atoms with Crippen molar-refractivity contribution < 1.29 is 9.21 Å². The van der Waals surface area contributed by atoms with Gasteiger partial charge >= 0.3 is 0 Å². The van der Waals surface area contributed by atoms with Crippen molar-refractivity contribution in [1.82, 2.24) is 14.8 Å². The lowest BCUT2D eigenvalue weighted by molar-refractivity contribution is -0.115. The number of hydrogen-bond donors (Lipinski definition) is 1. The Kier molecular flexibility index (Phi) is 5.46. The van der Waals surface area contributed by atoms with Crippen LogP contribution < -0.4 is 5.32 Å². The molecule has 6 nitrogen and oxygen atoms in total. The molecule has 146 valence electrons. The number of benzene rings is 1. The van der Waals surface area contributed by atoms with Gasteiger partial charge in [0, 0.05) is 16.6 Å². The summed E-state index contributed by atoms with van der Waals surface area (Å²) < 4.78 is 7.56. The Hall–Kier alpha value is -2.25. The van der Waals surface area contributed by atoms with Gasteiger partial charge in [-0.1, -0.05) is 29.4 Å². The molecule has 1 saturated carbocycles. The maximum absolute atomic E-state index is 12.7. The molecule has 1 atom stereocenters. The fraction of sp³-hybridized carbons (Fsp3) is 0.350. The van der Waals surface area contributed by atoms with E-state index in [1.165, 1.54) is 11.8 Å². The van der Waals surface area contributed by atoms with Gasteiger partial charge in [-0.3, -0.25) is 9.36 Å². The van der Waals surface area contributed by atoms with Crippen molar-refractivity contribution in [2.45, 2.75) is 49.6 Å². The number of carbonyl (C=O) groups excluding carboxylic acids is 1. The van der Waals surface area contributed by atoms with Crippen LogP contribution in [0.4, 0.5) is 5.69 Å². The molecule has 1 aliphatic carbocycles. The van der Waals surface area contributed by atoms with Crippen molar-refractivity contribution in [2.75, 3.05) is 5.32 Å². The van der Waals surface area contributed by atoms with Crippen molar-refractivity contribution in [3.8, 4) is 0 Å². The van der Waals surface area contributed by atoms with E-state index < -0.39 is 0 Å². The summed E-state index contributed by atoms with van der Waals surface area (Å²) in [6.45, 7) is 4.37. The third kappa shape index (κ3) is 4.25. The number of amides is 1. The Morgan fingerprint density at radius 3 is 2.93 bits per heavy atom. The maximum atomic E-state index is 12.7. The highest BCUT2D eigenvalue weighted by atomic mass is 35.5. The molecule has 0 radical (unpaired) electrons. The summed E-state index contributed by atoms with van der Waals surface area (Å²) in [5.74, 6) is 2.17. The molecule has 1 aromatic carbocycles. The van der Waals surface area contributed by atoms with Crippen LogP contribution in [0.1, 0.15) is 42.8 Å². The van der Waals surface area contributed by atoms with E-state index in [2.05, 4.69) is 20.1 Å². The molecule has 0 saturated heterocycles. The van der Waals surface area contributed by atoms with Crippen LogP contribution in [0.5, 0.6) is 0 Å². The molecule has 1 amide bonds. The Morgan fingerprint density at radius 1 is 1.39 bits per heavy atom. The SMILES string of the molecule is Cc1ccc(Cl)cc1NC(=O)C(C)Sc1nnc(C2CC2)n1Cc1ccco1. The van der Waals surface area contributed by atoms with Crippen molar-refractivity contribution in [2.24, 2.45) is 0 Å². The number of thioether (sulfide) groups is 1. The summed E-state index contributed by atoms with van der Waals surface area (Å²) in [7, 11) is 0. The molecule has 0 spiro atoms. The number of nitrogens with one attached hydrogen (secondary N) is 1. The molecule has 8 heteroatoms. The summed E-state index contributed by atoms with van der Waals surface area (Å²) in [5.41, 5.74) is 1.69. The molecule has 4 rings (SSSR count). The van der Waals surface area contributed by atoms with Crippen LogP contribution in [-0.2, 0) is 11.3 Å². The first-order chi connectivity index (χ1) is 13.5. The van der Waals surface area contributed by atoms with E-state index >= 15 is 0 Å². The highest BCUT2D eigenvalue weighted by Crippen LogP contribution is 2.40. The van der Waals surface area contributed by atoms with E-state index in [1.54, 1.807) is 18.4 Å². The van der Waals surface area contributed by atoms with Crippen LogP contribution in [0, 0.1) is 6.92 Å². The van der Waals surface area contributed by atoms with E-state index in [-0.39, 0.29) is 11.2 Å². The van der Waals surface area contributed by atoms with Crippen LogP contribution in [0.3, 0.4) is 0 Å². The van der Waals surface area contributed by atoms with E-state index in [0.29, 0.717) is 17.5 Å². The summed E-state index contributed by atoms with van der Waals surface area (Å²) in [5, 5.41) is 12.7. The minimum absolute atomic E-state index is 0.101. The van der Waals surface area contributed by atoms with Gasteiger partial charge in [0.05, 0.1) is 18.1 Å². The molecule has 0 bridgehead atoms. The third-order valence-electron chi connectivity index (χ3n) is 4.69. The quantitative estimate of drug-likeness (QED) is 0.556. The molecule has 1 fully saturated rings. The second kappa shape index (κ2) is 8.01. The number of aryl methyl sites for hydroxylation is 1. The van der Waals surface area contributed by atoms with Crippen LogP contribution in [-0.4, -0.2) is 25.9 Å². The summed E-state index contributed by atoms with van der Waals surface area (Å²) in [4.78, 5) is 12.7. The minimum atomic E-state index is -0.343. The Labute approximate surface area is 172 Å². The summed E-state index contributed by atoms with van der Waals surface area (Å²) >= 11 is 7.45. The molecule has 1 N–H and O–H groups in total. The zero-order valence-electron chi connectivity index (χ0n) is 15.7. The fourth-order valence-electron chi connectivity index (χ4n) is 2.91. The highest BCUT2D eigenvalue weighted by molar-refractivity contribution is 8.00. The average Bonchev–Trinajstić information content (AvgIpc) is 3.24. The van der Waals surface area contributed by atoms with Gasteiger partial charge in [-0.2, -0.15) is 0 Å². The predicted octanol–water partition coefficient (Wildman–Crippen LogP) is 4.88. The lowest BCUT2D eigenvalue weighted by atomic mass is 10.2. The summed E-state index contributed by atoms with van der Waals surface area (Å²) in [6.07, 6.45) is 3.92. The first-order valence-corrected chi connectivity index (χ1v) is 10.5. The number of anilines is 1. The fourth-order valence-corrected chi connectivity index (χ4v) is 3.94. The van der Waals surface area contributed by atoms with Gasteiger partial charge in [-0.25, -0.2) is 0 Å². The Morgan fingerprint density at radius 2 is 2.21 bits per heavy atom. The molecule has 3 aromatic rings. The number of halogens is 1. The van der Waals surface area contributed by atoms with Crippen molar-refractivity contribution in [3.05, 3.63) is 58.8 Å². The van der Waals surface area contributed by atoms with Gasteiger partial charge in [0.2, 0.25) is 5.91 Å². The number of furan rings is 1. The molecule has 2 aromatic heterocycles. The first kappa shape index (κ1) is 19.1. The molecule has 1 unspecified atom stereocenters. The van der Waals surface area contributed by atoms with Gasteiger partial charge < -0.3 is 9.73 Å². The normalized spacial score (nSPS) is 14.8. The largest absolute Gasteiger partial charge is 0.467 e. The zero-order valence-corrected chi connectivity index (χ0v) is 17.3. The number of nitrogens with zero attached hydrogens (tertiary/aromatic N) is 3. The highest BCUT2D eigenvalue weighted by Gasteiger charge is 2.31. The van der Waals surface area contributed by atoms with Gasteiger partial charge in [-0.05, 0) is 56.5 Å². The topological polar surface area (TPSA) is 73.0 Å². The Balaban J connectivity index is 1.50. The molecule has 0 aliphatic heterocycles. The Bertz CT molecular complexity index is 982. The molecule has 28 heavy (non-hydrogen) atoms. The first-order valence-electron chi connectivity index (χ1n) is 9.20. The predicted molar refractivity (Wildman–Crippen MR) is 110 cm³/mol. The van der Waals surface area contributed by atoms with E-state index in [1.807, 2.05) is 32.0 Å². The maximum Gasteiger partial charge on any atom is 0.237 e. The van der Waals surface area contributed by atoms with Crippen LogP contribution in [0.15, 0.2) is 46.2 Å². The third-order valence-corrected chi connectivity index (χ3v) is 6.01. The average molecular weight is 417 g/mol. The smallest absolute Gasteiger partial charge is 0.237 e. The van der Waals surface area contributed by atoms with Gasteiger partial charge in [-0.15, -0.1) is 10.2 Å². The van der Waals surface area contributed by atoms with Gasteiger partial charge in [0.15, 0.2) is 5.16 Å². The lowest BCUT2D eigenvalue weighted by Gasteiger charge is -2.14. The van der Waals surface area contributed by atoms with Gasteiger partial charge in [0.25, 0.3) is 0 Å². The number of hydrogen-bond acceptors (Lipinski definition) is 5. The van der Waals surface area contributed by atoms with Crippen molar-refractivity contribution in [1.29, 1.82) is 0 Å². The van der Waals surface area contributed by atoms with Crippen LogP contribution in [0.25, 0.3) is 0 Å². The van der Waals surface area contributed by atoms with Crippen molar-refractivity contribution in [3.63, 3.8) is 0 Å². The molecule has 1 aliphatic rings. The lowest BCUT2D eigenvalue weighted by Crippen LogP contribution is -2.23. The zero-order chi connectivity index (χ0) is 19.7. The number of aromatic nitrogens is 3. The second-order valence-electron chi connectivity index (χ2n) is 6.99. The van der Waals surface area contributed by atoms with E-state index in [9.17, 15) is 4.79 Å². The molecular weight excluding hydrogens is 396 g/mol.